The zero-order chi connectivity index (χ0) is 25.4. The number of halogens is 3. The second-order valence-corrected chi connectivity index (χ2v) is 9.28. The van der Waals surface area contributed by atoms with Crippen molar-refractivity contribution in [2.24, 2.45) is 5.10 Å². The van der Waals surface area contributed by atoms with Crippen molar-refractivity contribution in [3.05, 3.63) is 81.5 Å². The van der Waals surface area contributed by atoms with Crippen molar-refractivity contribution in [1.82, 2.24) is 9.91 Å². The summed E-state index contributed by atoms with van der Waals surface area (Å²) in [6, 6.07) is 12.7. The lowest BCUT2D eigenvalue weighted by molar-refractivity contribution is -0.137. The molecule has 7 nitrogen and oxygen atoms in total. The highest BCUT2D eigenvalue weighted by Gasteiger charge is 2.35. The minimum atomic E-state index is -4.50. The summed E-state index contributed by atoms with van der Waals surface area (Å²) in [5, 5.41) is 7.87. The van der Waals surface area contributed by atoms with Crippen LogP contribution in [0.25, 0.3) is 0 Å². The van der Waals surface area contributed by atoms with E-state index >= 15 is 0 Å². The second-order valence-electron chi connectivity index (χ2n) is 8.33. The third-order valence-corrected chi connectivity index (χ3v) is 6.85. The first kappa shape index (κ1) is 23.9. The molecule has 3 aromatic rings. The summed E-state index contributed by atoms with van der Waals surface area (Å²) in [7, 11) is 1.42. The molecule has 2 aromatic carbocycles. The van der Waals surface area contributed by atoms with Crippen LogP contribution in [-0.4, -0.2) is 47.8 Å². The standard InChI is InChI=1S/C25H20F3N3O4S/c1-30(24(33)15-4-7-17(8-5-15)25(26,27)28)13-23(32)31-19(12-18(29-31)22-3-2-10-36-22)16-6-9-20-21(11-16)35-14-34-20/h2-11,19H,12-14H2,1H3/t19-/m1/s1. The molecule has 11 heteroatoms. The Bertz CT molecular complexity index is 1320. The van der Waals surface area contributed by atoms with Crippen molar-refractivity contribution in [1.29, 1.82) is 0 Å². The predicted molar refractivity (Wildman–Crippen MR) is 126 cm³/mol. The molecule has 5 rings (SSSR count). The lowest BCUT2D eigenvalue weighted by atomic mass is 10.0. The van der Waals surface area contributed by atoms with Gasteiger partial charge in [-0.15, -0.1) is 11.3 Å². The van der Waals surface area contributed by atoms with Crippen LogP contribution in [0.4, 0.5) is 13.2 Å². The zero-order valence-corrected chi connectivity index (χ0v) is 19.8. The van der Waals surface area contributed by atoms with Crippen LogP contribution in [0.5, 0.6) is 11.5 Å². The fourth-order valence-electron chi connectivity index (χ4n) is 4.08. The Morgan fingerprint density at radius 2 is 1.86 bits per heavy atom. The minimum Gasteiger partial charge on any atom is -0.454 e. The maximum absolute atomic E-state index is 13.3. The Morgan fingerprint density at radius 1 is 1.11 bits per heavy atom. The molecule has 0 unspecified atom stereocenters. The third kappa shape index (κ3) is 4.66. The average molecular weight is 516 g/mol. The Balaban J connectivity index is 1.36. The number of benzene rings is 2. The van der Waals surface area contributed by atoms with E-state index in [-0.39, 0.29) is 18.9 Å². The molecule has 1 atom stereocenters. The highest BCUT2D eigenvalue weighted by molar-refractivity contribution is 7.12. The number of amides is 2. The molecule has 0 radical (unpaired) electrons. The number of hydrogen-bond acceptors (Lipinski definition) is 6. The van der Waals surface area contributed by atoms with Crippen LogP contribution in [0.2, 0.25) is 0 Å². The highest BCUT2D eigenvalue weighted by Crippen LogP contribution is 2.39. The Hall–Kier alpha value is -3.86. The molecule has 186 valence electrons. The van der Waals surface area contributed by atoms with Gasteiger partial charge in [0.05, 0.1) is 22.2 Å². The van der Waals surface area contributed by atoms with Crippen LogP contribution < -0.4 is 9.47 Å². The number of carbonyl (C=O) groups is 2. The predicted octanol–water partition coefficient (Wildman–Crippen LogP) is 4.95. The van der Waals surface area contributed by atoms with Gasteiger partial charge in [-0.1, -0.05) is 12.1 Å². The summed E-state index contributed by atoms with van der Waals surface area (Å²) >= 11 is 1.51. The van der Waals surface area contributed by atoms with Gasteiger partial charge in [0.25, 0.3) is 11.8 Å². The Labute approximate surface area is 208 Å². The van der Waals surface area contributed by atoms with Crippen LogP contribution >= 0.6 is 11.3 Å². The molecule has 0 N–H and O–H groups in total. The Morgan fingerprint density at radius 3 is 2.56 bits per heavy atom. The summed E-state index contributed by atoms with van der Waals surface area (Å²) in [4.78, 5) is 28.2. The van der Waals surface area contributed by atoms with E-state index in [0.717, 1.165) is 40.4 Å². The first-order valence-electron chi connectivity index (χ1n) is 11.0. The highest BCUT2D eigenvalue weighted by atomic mass is 32.1. The summed E-state index contributed by atoms with van der Waals surface area (Å²) in [6.07, 6.45) is -4.02. The van der Waals surface area contributed by atoms with Gasteiger partial charge in [-0.2, -0.15) is 18.3 Å². The molecular weight excluding hydrogens is 495 g/mol. The smallest absolute Gasteiger partial charge is 0.416 e. The maximum atomic E-state index is 13.3. The largest absolute Gasteiger partial charge is 0.454 e. The first-order chi connectivity index (χ1) is 17.2. The van der Waals surface area contributed by atoms with Gasteiger partial charge in [0.1, 0.15) is 6.54 Å². The molecule has 0 fully saturated rings. The van der Waals surface area contributed by atoms with Gasteiger partial charge in [-0.25, -0.2) is 5.01 Å². The number of thiophene rings is 1. The number of nitrogens with zero attached hydrogens (tertiary/aromatic N) is 3. The minimum absolute atomic E-state index is 0.0508. The summed E-state index contributed by atoms with van der Waals surface area (Å²) in [6.45, 7) is -0.179. The number of fused-ring (bicyclic) bond motifs is 1. The van der Waals surface area contributed by atoms with Gasteiger partial charge in [-0.05, 0) is 53.4 Å². The van der Waals surface area contributed by atoms with Crippen LogP contribution in [0.15, 0.2) is 65.1 Å². The number of ether oxygens (including phenoxy) is 2. The molecule has 2 amide bonds. The number of alkyl halides is 3. The SMILES string of the molecule is CN(CC(=O)N1N=C(c2cccs2)C[C@@H]1c1ccc2c(c1)OCO2)C(=O)c1ccc(C(F)(F)F)cc1. The Kier molecular flexibility index (Phi) is 6.17. The first-order valence-corrected chi connectivity index (χ1v) is 11.8. The molecule has 0 saturated carbocycles. The monoisotopic (exact) mass is 515 g/mol. The van der Waals surface area contributed by atoms with Crippen LogP contribution in [0.3, 0.4) is 0 Å². The van der Waals surface area contributed by atoms with E-state index in [0.29, 0.717) is 17.9 Å². The van der Waals surface area contributed by atoms with Gasteiger partial charge in [-0.3, -0.25) is 9.59 Å². The van der Waals surface area contributed by atoms with E-state index < -0.39 is 29.6 Å². The fraction of sp³-hybridized carbons (Fsp3) is 0.240. The van der Waals surface area contributed by atoms with Crippen molar-refractivity contribution in [3.63, 3.8) is 0 Å². The normalized spacial score (nSPS) is 16.7. The molecule has 0 bridgehead atoms. The molecule has 2 aliphatic heterocycles. The second kappa shape index (κ2) is 9.30. The molecule has 36 heavy (non-hydrogen) atoms. The molecule has 2 aliphatic rings. The van der Waals surface area contributed by atoms with Crippen LogP contribution in [0.1, 0.15) is 38.8 Å². The van der Waals surface area contributed by atoms with Gasteiger partial charge in [0, 0.05) is 19.0 Å². The average Bonchev–Trinajstić information content (AvgIpc) is 3.62. The lowest BCUT2D eigenvalue weighted by Gasteiger charge is -2.25. The summed E-state index contributed by atoms with van der Waals surface area (Å²) < 4.78 is 49.4. The summed E-state index contributed by atoms with van der Waals surface area (Å²) in [5.41, 5.74) is 0.754. The van der Waals surface area contributed by atoms with Gasteiger partial charge >= 0.3 is 6.18 Å². The molecule has 0 aliphatic carbocycles. The van der Waals surface area contributed by atoms with Gasteiger partial charge in [0.15, 0.2) is 11.5 Å². The van der Waals surface area contributed by atoms with Gasteiger partial charge < -0.3 is 14.4 Å². The third-order valence-electron chi connectivity index (χ3n) is 5.93. The number of rotatable bonds is 5. The van der Waals surface area contributed by atoms with Crippen molar-refractivity contribution in [3.8, 4) is 11.5 Å². The number of hydrazone groups is 1. The number of likely N-dealkylation sites (N-methyl/N-ethyl adjacent to an activating group) is 1. The van der Waals surface area contributed by atoms with E-state index in [2.05, 4.69) is 5.10 Å². The number of carbonyl (C=O) groups excluding carboxylic acids is 2. The number of hydrogen-bond donors (Lipinski definition) is 0. The topological polar surface area (TPSA) is 71.4 Å². The zero-order valence-electron chi connectivity index (χ0n) is 19.0. The van der Waals surface area contributed by atoms with E-state index in [1.165, 1.54) is 28.3 Å². The van der Waals surface area contributed by atoms with Crippen LogP contribution in [0, 0.1) is 0 Å². The van der Waals surface area contributed by atoms with Crippen molar-refractivity contribution in [2.75, 3.05) is 20.4 Å². The van der Waals surface area contributed by atoms with E-state index in [1.807, 2.05) is 29.6 Å². The molecular formula is C25H20F3N3O4S. The summed E-state index contributed by atoms with van der Waals surface area (Å²) in [5.74, 6) is 0.209. The van der Waals surface area contributed by atoms with E-state index in [4.69, 9.17) is 9.47 Å². The quantitative estimate of drug-likeness (QED) is 0.483. The lowest BCUT2D eigenvalue weighted by Crippen LogP contribution is -2.39. The van der Waals surface area contributed by atoms with Crippen molar-refractivity contribution in [2.45, 2.75) is 18.6 Å². The molecule has 1 aromatic heterocycles. The van der Waals surface area contributed by atoms with E-state index in [9.17, 15) is 22.8 Å². The maximum Gasteiger partial charge on any atom is 0.416 e. The molecule has 0 saturated heterocycles. The van der Waals surface area contributed by atoms with Crippen molar-refractivity contribution >= 4 is 28.9 Å². The fourth-order valence-corrected chi connectivity index (χ4v) is 4.80. The molecule has 3 heterocycles. The van der Waals surface area contributed by atoms with Crippen LogP contribution in [-0.2, 0) is 11.0 Å². The molecule has 0 spiro atoms. The van der Waals surface area contributed by atoms with Gasteiger partial charge in [0.2, 0.25) is 6.79 Å². The van der Waals surface area contributed by atoms with E-state index in [1.54, 1.807) is 6.07 Å². The van der Waals surface area contributed by atoms with Crippen molar-refractivity contribution < 1.29 is 32.2 Å².